The Hall–Kier alpha value is -0.300. The third-order valence-corrected chi connectivity index (χ3v) is 2.69. The van der Waals surface area contributed by atoms with Gasteiger partial charge in [0.1, 0.15) is 0 Å². The van der Waals surface area contributed by atoms with Crippen molar-refractivity contribution in [2.45, 2.75) is 18.9 Å². The van der Waals surface area contributed by atoms with E-state index in [4.69, 9.17) is 0 Å². The Morgan fingerprint density at radius 2 is 1.78 bits per heavy atom. The normalized spacial score (nSPS) is 46.6. The summed E-state index contributed by atoms with van der Waals surface area (Å²) in [5, 5.41) is 3.36. The summed E-state index contributed by atoms with van der Waals surface area (Å²) in [6, 6.07) is 0.782. The molecule has 2 rings (SSSR count). The van der Waals surface area contributed by atoms with E-state index in [9.17, 15) is 0 Å². The first kappa shape index (κ1) is 5.48. The summed E-state index contributed by atoms with van der Waals surface area (Å²) < 4.78 is 0. The van der Waals surface area contributed by atoms with Gasteiger partial charge >= 0.3 is 0 Å². The molecule has 50 valence electrons. The highest BCUT2D eigenvalue weighted by molar-refractivity contribution is 5.14. The third-order valence-electron chi connectivity index (χ3n) is 2.69. The molecule has 2 aliphatic carbocycles. The molecule has 1 heteroatoms. The van der Waals surface area contributed by atoms with Gasteiger partial charge in [-0.2, -0.15) is 0 Å². The van der Waals surface area contributed by atoms with E-state index in [2.05, 4.69) is 24.5 Å². The number of hydrogen-bond donors (Lipinski definition) is 1. The lowest BCUT2D eigenvalue weighted by Gasteiger charge is -2.13. The van der Waals surface area contributed by atoms with Crippen LogP contribution in [-0.2, 0) is 0 Å². The summed E-state index contributed by atoms with van der Waals surface area (Å²) in [5.41, 5.74) is 0. The molecular weight excluding hydrogens is 110 g/mol. The van der Waals surface area contributed by atoms with Gasteiger partial charge in [0, 0.05) is 6.04 Å². The molecule has 0 heterocycles. The Kier molecular flexibility index (Phi) is 1.12. The van der Waals surface area contributed by atoms with Crippen molar-refractivity contribution in [2.24, 2.45) is 11.8 Å². The molecule has 1 fully saturated rings. The zero-order valence-electron chi connectivity index (χ0n) is 5.80. The Bertz CT molecular complexity index is 126. The Balaban J connectivity index is 2.15. The second kappa shape index (κ2) is 1.84. The first-order valence-electron chi connectivity index (χ1n) is 3.77. The maximum atomic E-state index is 3.36. The molecule has 0 radical (unpaired) electrons. The average molecular weight is 123 g/mol. The quantitative estimate of drug-likeness (QED) is 0.516. The van der Waals surface area contributed by atoms with Crippen LogP contribution >= 0.6 is 0 Å². The van der Waals surface area contributed by atoms with E-state index in [1.54, 1.807) is 0 Å². The molecule has 2 aliphatic rings. The maximum Gasteiger partial charge on any atom is 0.0190 e. The highest BCUT2D eigenvalue weighted by Gasteiger charge is 2.35. The van der Waals surface area contributed by atoms with Crippen molar-refractivity contribution in [3.8, 4) is 0 Å². The molecule has 1 nitrogen and oxygen atoms in total. The van der Waals surface area contributed by atoms with Crippen LogP contribution in [0.15, 0.2) is 12.2 Å². The second-order valence-electron chi connectivity index (χ2n) is 3.10. The molecule has 0 aromatic heterocycles. The van der Waals surface area contributed by atoms with Crippen LogP contribution in [0.3, 0.4) is 0 Å². The van der Waals surface area contributed by atoms with Gasteiger partial charge < -0.3 is 5.32 Å². The number of hydrogen-bond acceptors (Lipinski definition) is 1. The number of nitrogens with one attached hydrogen (secondary N) is 1. The molecule has 1 N–H and O–H groups in total. The van der Waals surface area contributed by atoms with Crippen LogP contribution in [0.5, 0.6) is 0 Å². The minimum atomic E-state index is 0.782. The van der Waals surface area contributed by atoms with E-state index >= 15 is 0 Å². The summed E-state index contributed by atoms with van der Waals surface area (Å²) in [6.45, 7) is 0. The summed E-state index contributed by atoms with van der Waals surface area (Å²) >= 11 is 0. The summed E-state index contributed by atoms with van der Waals surface area (Å²) in [4.78, 5) is 0. The fourth-order valence-corrected chi connectivity index (χ4v) is 2.21. The molecule has 9 heavy (non-hydrogen) atoms. The summed E-state index contributed by atoms with van der Waals surface area (Å²) in [7, 11) is 2.07. The average Bonchev–Trinajstić information content (AvgIpc) is 2.44. The van der Waals surface area contributed by atoms with Gasteiger partial charge in [-0.15, -0.1) is 0 Å². The second-order valence-corrected chi connectivity index (χ2v) is 3.10. The van der Waals surface area contributed by atoms with E-state index < -0.39 is 0 Å². The fraction of sp³-hybridized carbons (Fsp3) is 0.750. The minimum absolute atomic E-state index is 0.782. The van der Waals surface area contributed by atoms with Crippen molar-refractivity contribution in [2.75, 3.05) is 7.05 Å². The van der Waals surface area contributed by atoms with Crippen molar-refractivity contribution in [1.82, 2.24) is 5.32 Å². The van der Waals surface area contributed by atoms with Crippen LogP contribution < -0.4 is 5.32 Å². The van der Waals surface area contributed by atoms with E-state index in [0.717, 1.165) is 17.9 Å². The van der Waals surface area contributed by atoms with Gasteiger partial charge in [0.05, 0.1) is 0 Å². The molecule has 2 atom stereocenters. The lowest BCUT2D eigenvalue weighted by Crippen LogP contribution is -2.29. The molecule has 0 aliphatic heterocycles. The monoisotopic (exact) mass is 123 g/mol. The SMILES string of the molecule is CNC1C2C=CC1CC2. The van der Waals surface area contributed by atoms with E-state index in [0.29, 0.717) is 0 Å². The van der Waals surface area contributed by atoms with Crippen LogP contribution in [0.4, 0.5) is 0 Å². The van der Waals surface area contributed by atoms with Gasteiger partial charge in [0.2, 0.25) is 0 Å². The lowest BCUT2D eigenvalue weighted by molar-refractivity contribution is 0.473. The molecule has 0 saturated heterocycles. The van der Waals surface area contributed by atoms with Crippen molar-refractivity contribution < 1.29 is 0 Å². The maximum absolute atomic E-state index is 3.36. The summed E-state index contributed by atoms with van der Waals surface area (Å²) in [5.74, 6) is 1.72. The Morgan fingerprint density at radius 1 is 1.22 bits per heavy atom. The molecule has 2 unspecified atom stereocenters. The predicted octanol–water partition coefficient (Wildman–Crippen LogP) is 1.17. The van der Waals surface area contributed by atoms with Crippen molar-refractivity contribution >= 4 is 0 Å². The van der Waals surface area contributed by atoms with Crippen LogP contribution in [0, 0.1) is 11.8 Å². The predicted molar refractivity (Wildman–Crippen MR) is 38.2 cm³/mol. The minimum Gasteiger partial charge on any atom is -0.316 e. The molecular formula is C8H13N. The first-order valence-corrected chi connectivity index (χ1v) is 3.77. The van der Waals surface area contributed by atoms with Crippen molar-refractivity contribution in [1.29, 1.82) is 0 Å². The topological polar surface area (TPSA) is 12.0 Å². The van der Waals surface area contributed by atoms with Crippen molar-refractivity contribution in [3.05, 3.63) is 12.2 Å². The molecule has 1 saturated carbocycles. The fourth-order valence-electron chi connectivity index (χ4n) is 2.21. The van der Waals surface area contributed by atoms with Crippen LogP contribution in [-0.4, -0.2) is 13.1 Å². The number of fused-ring (bicyclic) bond motifs is 2. The zero-order chi connectivity index (χ0) is 6.27. The zero-order valence-corrected chi connectivity index (χ0v) is 5.80. The standard InChI is InChI=1S/C8H13N/c1-9-8-6-2-3-7(8)5-4-6/h2-3,6-9H,4-5H2,1H3. The number of rotatable bonds is 1. The molecule has 0 aromatic carbocycles. The van der Waals surface area contributed by atoms with E-state index in [1.165, 1.54) is 12.8 Å². The van der Waals surface area contributed by atoms with E-state index in [-0.39, 0.29) is 0 Å². The smallest absolute Gasteiger partial charge is 0.0190 e. The van der Waals surface area contributed by atoms with Crippen LogP contribution in [0.2, 0.25) is 0 Å². The van der Waals surface area contributed by atoms with Crippen LogP contribution in [0.1, 0.15) is 12.8 Å². The highest BCUT2D eigenvalue weighted by atomic mass is 14.9. The first-order chi connectivity index (χ1) is 4.42. The lowest BCUT2D eigenvalue weighted by atomic mass is 10.1. The van der Waals surface area contributed by atoms with Gasteiger partial charge in [-0.3, -0.25) is 0 Å². The molecule has 0 amide bonds. The molecule has 0 spiro atoms. The van der Waals surface area contributed by atoms with Gasteiger partial charge in [-0.1, -0.05) is 12.2 Å². The third kappa shape index (κ3) is 0.645. The van der Waals surface area contributed by atoms with Crippen molar-refractivity contribution in [3.63, 3.8) is 0 Å². The van der Waals surface area contributed by atoms with Gasteiger partial charge in [-0.25, -0.2) is 0 Å². The van der Waals surface area contributed by atoms with Gasteiger partial charge in [0.25, 0.3) is 0 Å². The Morgan fingerprint density at radius 3 is 2.00 bits per heavy atom. The largest absolute Gasteiger partial charge is 0.316 e. The van der Waals surface area contributed by atoms with Gasteiger partial charge in [-0.05, 0) is 31.7 Å². The highest BCUT2D eigenvalue weighted by Crippen LogP contribution is 2.38. The molecule has 0 aromatic rings. The van der Waals surface area contributed by atoms with Gasteiger partial charge in [0.15, 0.2) is 0 Å². The van der Waals surface area contributed by atoms with E-state index in [1.807, 2.05) is 0 Å². The summed E-state index contributed by atoms with van der Waals surface area (Å²) in [6.07, 6.45) is 7.56. The van der Waals surface area contributed by atoms with Crippen LogP contribution in [0.25, 0.3) is 0 Å². The Labute approximate surface area is 56.1 Å². The molecule has 2 bridgehead atoms.